The normalized spacial score (nSPS) is 11.1. The van der Waals surface area contributed by atoms with Gasteiger partial charge in [0.25, 0.3) is 0 Å². The smallest absolute Gasteiger partial charge is 0.238 e. The lowest BCUT2D eigenvalue weighted by Crippen LogP contribution is -2.39. The van der Waals surface area contributed by atoms with Crippen LogP contribution in [0.4, 0.5) is 18.9 Å². The van der Waals surface area contributed by atoms with E-state index >= 15 is 0 Å². The molecule has 0 bridgehead atoms. The highest BCUT2D eigenvalue weighted by atomic mass is 19.2. The number of rotatable bonds is 10. The van der Waals surface area contributed by atoms with Gasteiger partial charge in [-0.15, -0.1) is 0 Å². The van der Waals surface area contributed by atoms with Gasteiger partial charge in [0.05, 0.1) is 24.9 Å². The van der Waals surface area contributed by atoms with Gasteiger partial charge in [0.1, 0.15) is 0 Å². The van der Waals surface area contributed by atoms with Crippen LogP contribution in [0.1, 0.15) is 20.3 Å². The minimum Gasteiger partial charge on any atom is -0.379 e. The molecule has 0 radical (unpaired) electrons. The van der Waals surface area contributed by atoms with Gasteiger partial charge in [0.2, 0.25) is 11.8 Å². The molecule has 0 heterocycles. The van der Waals surface area contributed by atoms with E-state index in [2.05, 4.69) is 10.6 Å². The lowest BCUT2D eigenvalue weighted by atomic mass is 10.2. The Morgan fingerprint density at radius 3 is 2.42 bits per heavy atom. The average Bonchev–Trinajstić information content (AvgIpc) is 2.54. The number of amides is 2. The molecule has 1 aromatic rings. The molecule has 1 aromatic carbocycles. The fourth-order valence-corrected chi connectivity index (χ4v) is 2.03. The molecule has 2 N–H and O–H groups in total. The van der Waals surface area contributed by atoms with Gasteiger partial charge in [0, 0.05) is 13.2 Å². The van der Waals surface area contributed by atoms with Gasteiger partial charge in [-0.1, -0.05) is 0 Å². The number of nitrogens with one attached hydrogen (secondary N) is 2. The van der Waals surface area contributed by atoms with Crippen molar-refractivity contribution in [3.8, 4) is 0 Å². The molecule has 0 aromatic heterocycles. The van der Waals surface area contributed by atoms with E-state index in [-0.39, 0.29) is 25.1 Å². The Hall–Kier alpha value is -2.13. The number of nitrogens with zero attached hydrogens (tertiary/aromatic N) is 1. The van der Waals surface area contributed by atoms with Crippen molar-refractivity contribution in [3.63, 3.8) is 0 Å². The van der Waals surface area contributed by atoms with Crippen molar-refractivity contribution in [2.45, 2.75) is 26.4 Å². The fraction of sp³-hybridized carbons (Fsp3) is 0.529. The van der Waals surface area contributed by atoms with E-state index in [1.807, 2.05) is 13.8 Å². The lowest BCUT2D eigenvalue weighted by molar-refractivity contribution is -0.123. The second-order valence-corrected chi connectivity index (χ2v) is 6.07. The summed E-state index contributed by atoms with van der Waals surface area (Å²) in [5.74, 6) is -5.40. The summed E-state index contributed by atoms with van der Waals surface area (Å²) < 4.78 is 44.8. The number of anilines is 1. The molecule has 146 valence electrons. The average molecular weight is 375 g/mol. The number of carbonyl (C=O) groups excluding carboxylic acids is 2. The van der Waals surface area contributed by atoms with Crippen LogP contribution in [-0.2, 0) is 14.3 Å². The molecule has 1 rings (SSSR count). The highest BCUT2D eigenvalue weighted by Gasteiger charge is 2.16. The number of hydrogen-bond acceptors (Lipinski definition) is 4. The first-order chi connectivity index (χ1) is 12.2. The summed E-state index contributed by atoms with van der Waals surface area (Å²) in [4.78, 5) is 25.0. The molecule has 2 amide bonds. The first kappa shape index (κ1) is 21.9. The summed E-state index contributed by atoms with van der Waals surface area (Å²) in [6.45, 7) is 4.57. The Morgan fingerprint density at radius 1 is 1.12 bits per heavy atom. The largest absolute Gasteiger partial charge is 0.379 e. The lowest BCUT2D eigenvalue weighted by Gasteiger charge is -2.16. The Bertz CT molecular complexity index is 627. The van der Waals surface area contributed by atoms with Crippen LogP contribution >= 0.6 is 0 Å². The van der Waals surface area contributed by atoms with Gasteiger partial charge in [-0.05, 0) is 39.4 Å². The minimum atomic E-state index is -1.66. The third kappa shape index (κ3) is 7.83. The van der Waals surface area contributed by atoms with Crippen LogP contribution in [0.15, 0.2) is 12.1 Å². The van der Waals surface area contributed by atoms with Crippen LogP contribution in [-0.4, -0.2) is 56.1 Å². The number of halogens is 3. The molecule has 0 aliphatic rings. The predicted molar refractivity (Wildman–Crippen MR) is 91.2 cm³/mol. The Kier molecular flexibility index (Phi) is 9.08. The van der Waals surface area contributed by atoms with E-state index in [0.29, 0.717) is 25.6 Å². The van der Waals surface area contributed by atoms with Gasteiger partial charge >= 0.3 is 0 Å². The van der Waals surface area contributed by atoms with Gasteiger partial charge in [-0.25, -0.2) is 13.2 Å². The Balaban J connectivity index is 2.34. The van der Waals surface area contributed by atoms with Crippen molar-refractivity contribution < 1.29 is 27.5 Å². The molecule has 0 atom stereocenters. The monoisotopic (exact) mass is 375 g/mol. The van der Waals surface area contributed by atoms with Crippen molar-refractivity contribution in [1.82, 2.24) is 10.2 Å². The second-order valence-electron chi connectivity index (χ2n) is 6.07. The summed E-state index contributed by atoms with van der Waals surface area (Å²) in [6.07, 6.45) is 0.804. The molecule has 0 saturated carbocycles. The summed E-state index contributed by atoms with van der Waals surface area (Å²) >= 11 is 0. The summed E-state index contributed by atoms with van der Waals surface area (Å²) in [6, 6.07) is 1.64. The van der Waals surface area contributed by atoms with Crippen LogP contribution in [0.5, 0.6) is 0 Å². The molecular formula is C17H24F3N3O3. The van der Waals surface area contributed by atoms with Gasteiger partial charge in [-0.2, -0.15) is 0 Å². The van der Waals surface area contributed by atoms with Crippen LogP contribution in [0.3, 0.4) is 0 Å². The van der Waals surface area contributed by atoms with Crippen LogP contribution < -0.4 is 10.6 Å². The van der Waals surface area contributed by atoms with Crippen molar-refractivity contribution in [2.24, 2.45) is 0 Å². The maximum absolute atomic E-state index is 13.5. The molecule has 0 spiro atoms. The third-order valence-electron chi connectivity index (χ3n) is 3.23. The third-order valence-corrected chi connectivity index (χ3v) is 3.23. The first-order valence-electron chi connectivity index (χ1n) is 8.21. The predicted octanol–water partition coefficient (Wildman–Crippen LogP) is 1.91. The first-order valence-corrected chi connectivity index (χ1v) is 8.21. The number of ether oxygens (including phenoxy) is 1. The molecular weight excluding hydrogens is 351 g/mol. The minimum absolute atomic E-state index is 0.0429. The zero-order chi connectivity index (χ0) is 19.7. The Morgan fingerprint density at radius 2 is 1.77 bits per heavy atom. The maximum atomic E-state index is 13.5. The standard InChI is InChI=1S/C17H24F3N3O3/c1-11(2)26-8-4-7-21-14(24)9-23(3)10-15(25)22-13-6-5-12(18)16(19)17(13)20/h5-6,11H,4,7-10H2,1-3H3,(H,21,24)(H,22,25). The van der Waals surface area contributed by atoms with Crippen molar-refractivity contribution in [3.05, 3.63) is 29.6 Å². The molecule has 0 saturated heterocycles. The van der Waals surface area contributed by atoms with Gasteiger partial charge in [0.15, 0.2) is 17.5 Å². The second kappa shape index (κ2) is 10.8. The SMILES string of the molecule is CC(C)OCCCNC(=O)CN(C)CC(=O)Nc1ccc(F)c(F)c1F. The van der Waals surface area contributed by atoms with Gasteiger partial charge < -0.3 is 15.4 Å². The Labute approximate surface area is 150 Å². The van der Waals surface area contributed by atoms with Crippen LogP contribution in [0.25, 0.3) is 0 Å². The molecule has 0 fully saturated rings. The van der Waals surface area contributed by atoms with Crippen molar-refractivity contribution >= 4 is 17.5 Å². The van der Waals surface area contributed by atoms with E-state index in [0.717, 1.165) is 6.07 Å². The van der Waals surface area contributed by atoms with E-state index in [4.69, 9.17) is 4.74 Å². The number of likely N-dealkylation sites (N-methyl/N-ethyl adjacent to an activating group) is 1. The molecule has 26 heavy (non-hydrogen) atoms. The van der Waals surface area contributed by atoms with E-state index in [1.54, 1.807) is 0 Å². The summed E-state index contributed by atoms with van der Waals surface area (Å²) in [5, 5.41) is 4.83. The summed E-state index contributed by atoms with van der Waals surface area (Å²) in [5.41, 5.74) is -0.461. The zero-order valence-electron chi connectivity index (χ0n) is 15.1. The van der Waals surface area contributed by atoms with Gasteiger partial charge in [-0.3, -0.25) is 14.5 Å². The topological polar surface area (TPSA) is 70.7 Å². The molecule has 6 nitrogen and oxygen atoms in total. The van der Waals surface area contributed by atoms with Crippen LogP contribution in [0.2, 0.25) is 0 Å². The highest BCUT2D eigenvalue weighted by Crippen LogP contribution is 2.19. The fourth-order valence-electron chi connectivity index (χ4n) is 2.03. The zero-order valence-corrected chi connectivity index (χ0v) is 15.1. The quantitative estimate of drug-likeness (QED) is 0.484. The van der Waals surface area contributed by atoms with E-state index in [9.17, 15) is 22.8 Å². The maximum Gasteiger partial charge on any atom is 0.238 e. The van der Waals surface area contributed by atoms with Crippen molar-refractivity contribution in [2.75, 3.05) is 38.6 Å². The number of hydrogen-bond donors (Lipinski definition) is 2. The molecule has 0 aliphatic heterocycles. The molecule has 0 aliphatic carbocycles. The number of carbonyl (C=O) groups is 2. The van der Waals surface area contributed by atoms with E-state index in [1.165, 1.54) is 11.9 Å². The van der Waals surface area contributed by atoms with E-state index < -0.39 is 29.0 Å². The van der Waals surface area contributed by atoms with Crippen LogP contribution in [0, 0.1) is 17.5 Å². The number of benzene rings is 1. The highest BCUT2D eigenvalue weighted by molar-refractivity contribution is 5.92. The van der Waals surface area contributed by atoms with Crippen molar-refractivity contribution in [1.29, 1.82) is 0 Å². The molecule has 9 heteroatoms. The molecule has 0 unspecified atom stereocenters. The summed E-state index contributed by atoms with van der Waals surface area (Å²) in [7, 11) is 1.53.